The summed E-state index contributed by atoms with van der Waals surface area (Å²) < 4.78 is 1.49. The molecule has 1 aromatic heterocycles. The van der Waals surface area contributed by atoms with Crippen LogP contribution < -0.4 is 11.2 Å². The zero-order valence-electron chi connectivity index (χ0n) is 14.7. The number of carbonyl (C=O) groups excluding carboxylic acids is 1. The van der Waals surface area contributed by atoms with Crippen molar-refractivity contribution in [2.24, 2.45) is 0 Å². The molecule has 0 aliphatic rings. The summed E-state index contributed by atoms with van der Waals surface area (Å²) in [6, 6.07) is 6.00. The molecule has 1 atom stereocenters. The van der Waals surface area contributed by atoms with Crippen LogP contribution in [0.1, 0.15) is 43.6 Å². The van der Waals surface area contributed by atoms with E-state index < -0.39 is 0 Å². The first kappa shape index (κ1) is 18.3. The van der Waals surface area contributed by atoms with Crippen molar-refractivity contribution in [2.45, 2.75) is 57.4 Å². The van der Waals surface area contributed by atoms with Crippen molar-refractivity contribution in [2.75, 3.05) is 11.2 Å². The molecule has 0 bridgehead atoms. The molecule has 2 rings (SSSR count). The molecule has 24 heavy (non-hydrogen) atoms. The largest absolute Gasteiger partial charge is 0.336 e. The summed E-state index contributed by atoms with van der Waals surface area (Å²) >= 11 is 1.31. The monoisotopic (exact) mass is 347 g/mol. The molecule has 6 nitrogen and oxygen atoms in total. The Morgan fingerprint density at radius 3 is 2.83 bits per heavy atom. The maximum absolute atomic E-state index is 12.4. The maximum Gasteiger partial charge on any atom is 0.237 e. The number of hydrogen-bond acceptors (Lipinski definition) is 5. The third kappa shape index (κ3) is 4.50. The molecule has 0 saturated heterocycles. The second-order valence-corrected chi connectivity index (χ2v) is 7.25. The molecule has 0 radical (unpaired) electrons. The van der Waals surface area contributed by atoms with Gasteiger partial charge in [-0.1, -0.05) is 37.2 Å². The van der Waals surface area contributed by atoms with Crippen LogP contribution in [0.3, 0.4) is 0 Å². The fourth-order valence-corrected chi connectivity index (χ4v) is 3.00. The SMILES string of the molecule is CCCCc1nnc(S[C@H](C)C(=O)Nc2cc(C)ccc2C)n1N. The highest BCUT2D eigenvalue weighted by Crippen LogP contribution is 2.23. The topological polar surface area (TPSA) is 85.8 Å². The molecule has 0 spiro atoms. The molecule has 1 amide bonds. The zero-order chi connectivity index (χ0) is 17.7. The molecule has 3 N–H and O–H groups in total. The van der Waals surface area contributed by atoms with Gasteiger partial charge in [0.05, 0.1) is 5.25 Å². The average molecular weight is 347 g/mol. The van der Waals surface area contributed by atoms with Crippen molar-refractivity contribution in [1.82, 2.24) is 14.9 Å². The molecule has 2 aromatic rings. The van der Waals surface area contributed by atoms with Crippen LogP contribution in [-0.4, -0.2) is 26.0 Å². The van der Waals surface area contributed by atoms with E-state index in [9.17, 15) is 4.79 Å². The minimum absolute atomic E-state index is 0.0770. The van der Waals surface area contributed by atoms with E-state index in [1.807, 2.05) is 39.0 Å². The lowest BCUT2D eigenvalue weighted by molar-refractivity contribution is -0.115. The number of hydrogen-bond donors (Lipinski definition) is 2. The number of unbranched alkanes of at least 4 members (excludes halogenated alkanes) is 1. The van der Waals surface area contributed by atoms with Gasteiger partial charge in [-0.3, -0.25) is 4.79 Å². The molecule has 0 aliphatic heterocycles. The number of nitrogen functional groups attached to an aromatic ring is 1. The van der Waals surface area contributed by atoms with Crippen molar-refractivity contribution in [3.63, 3.8) is 0 Å². The predicted molar refractivity (Wildman–Crippen MR) is 98.6 cm³/mol. The standard InChI is InChI=1S/C17H25N5OS/c1-5-6-7-15-20-21-17(22(15)18)24-13(4)16(23)19-14-10-11(2)8-9-12(14)3/h8-10,13H,5-7,18H2,1-4H3,(H,19,23)/t13-/m1/s1. The lowest BCUT2D eigenvalue weighted by Crippen LogP contribution is -2.24. The molecule has 7 heteroatoms. The Balaban J connectivity index is 2.01. The normalized spacial score (nSPS) is 12.2. The Morgan fingerprint density at radius 2 is 2.12 bits per heavy atom. The van der Waals surface area contributed by atoms with Crippen LogP contribution in [0.15, 0.2) is 23.4 Å². The minimum atomic E-state index is -0.324. The number of nitrogens with zero attached hydrogens (tertiary/aromatic N) is 3. The van der Waals surface area contributed by atoms with E-state index in [1.54, 1.807) is 0 Å². The number of rotatable bonds is 7. The first-order valence-corrected chi connectivity index (χ1v) is 9.04. The Kier molecular flexibility index (Phi) is 6.25. The van der Waals surface area contributed by atoms with Gasteiger partial charge in [-0.15, -0.1) is 10.2 Å². The van der Waals surface area contributed by atoms with Crippen LogP contribution in [0.2, 0.25) is 0 Å². The van der Waals surface area contributed by atoms with Gasteiger partial charge in [-0.05, 0) is 44.4 Å². The summed E-state index contributed by atoms with van der Waals surface area (Å²) in [6.45, 7) is 7.93. The predicted octanol–water partition coefficient (Wildman–Crippen LogP) is 3.07. The fourth-order valence-electron chi connectivity index (χ4n) is 2.21. The molecule has 1 heterocycles. The number of carbonyl (C=O) groups is 1. The average Bonchev–Trinajstić information content (AvgIpc) is 2.89. The number of benzene rings is 1. The third-order valence-corrected chi connectivity index (χ3v) is 4.85. The number of thioether (sulfide) groups is 1. The van der Waals surface area contributed by atoms with Gasteiger partial charge in [0, 0.05) is 12.1 Å². The molecule has 0 unspecified atom stereocenters. The lowest BCUT2D eigenvalue weighted by atomic mass is 10.1. The number of nitrogens with one attached hydrogen (secondary N) is 1. The van der Waals surface area contributed by atoms with E-state index in [1.165, 1.54) is 16.4 Å². The lowest BCUT2D eigenvalue weighted by Gasteiger charge is -2.13. The Labute approximate surface area is 147 Å². The smallest absolute Gasteiger partial charge is 0.237 e. The van der Waals surface area contributed by atoms with Crippen molar-refractivity contribution >= 4 is 23.4 Å². The van der Waals surface area contributed by atoms with E-state index in [4.69, 9.17) is 5.84 Å². The first-order valence-electron chi connectivity index (χ1n) is 8.16. The van der Waals surface area contributed by atoms with Crippen LogP contribution in [0.5, 0.6) is 0 Å². The van der Waals surface area contributed by atoms with E-state index in [0.29, 0.717) is 5.16 Å². The van der Waals surface area contributed by atoms with Gasteiger partial charge in [0.25, 0.3) is 0 Å². The van der Waals surface area contributed by atoms with Gasteiger partial charge in [0.1, 0.15) is 0 Å². The molecule has 1 aromatic carbocycles. The van der Waals surface area contributed by atoms with Crippen LogP contribution in [-0.2, 0) is 11.2 Å². The van der Waals surface area contributed by atoms with Crippen molar-refractivity contribution in [3.8, 4) is 0 Å². The zero-order valence-corrected chi connectivity index (χ0v) is 15.5. The van der Waals surface area contributed by atoms with E-state index in [0.717, 1.165) is 41.9 Å². The van der Waals surface area contributed by atoms with E-state index in [-0.39, 0.29) is 11.2 Å². The summed E-state index contributed by atoms with van der Waals surface area (Å²) in [5.74, 6) is 6.70. The Hall–Kier alpha value is -2.02. The second-order valence-electron chi connectivity index (χ2n) is 5.94. The highest BCUT2D eigenvalue weighted by Gasteiger charge is 2.19. The van der Waals surface area contributed by atoms with Crippen LogP contribution in [0, 0.1) is 13.8 Å². The van der Waals surface area contributed by atoms with Gasteiger partial charge >= 0.3 is 0 Å². The molecule has 0 fully saturated rings. The number of anilines is 1. The third-order valence-electron chi connectivity index (χ3n) is 3.79. The summed E-state index contributed by atoms with van der Waals surface area (Å²) in [5.41, 5.74) is 2.98. The van der Waals surface area contributed by atoms with Gasteiger partial charge in [0.15, 0.2) is 5.82 Å². The molecular formula is C17H25N5OS. The molecule has 0 aliphatic carbocycles. The van der Waals surface area contributed by atoms with Crippen molar-refractivity contribution in [3.05, 3.63) is 35.2 Å². The van der Waals surface area contributed by atoms with Gasteiger partial charge in [0.2, 0.25) is 11.1 Å². The number of amides is 1. The van der Waals surface area contributed by atoms with Gasteiger partial charge in [-0.2, -0.15) is 0 Å². The summed E-state index contributed by atoms with van der Waals surface area (Å²) in [5, 5.41) is 11.4. The summed E-state index contributed by atoms with van der Waals surface area (Å²) in [6.07, 6.45) is 2.89. The van der Waals surface area contributed by atoms with E-state index in [2.05, 4.69) is 22.4 Å². The van der Waals surface area contributed by atoms with Crippen molar-refractivity contribution < 1.29 is 4.79 Å². The molecule has 130 valence electrons. The molecular weight excluding hydrogens is 322 g/mol. The Bertz CT molecular complexity index is 713. The minimum Gasteiger partial charge on any atom is -0.336 e. The Morgan fingerprint density at radius 1 is 1.38 bits per heavy atom. The van der Waals surface area contributed by atoms with Crippen molar-refractivity contribution in [1.29, 1.82) is 0 Å². The maximum atomic E-state index is 12.4. The molecule has 0 saturated carbocycles. The number of aryl methyl sites for hydroxylation is 3. The van der Waals surface area contributed by atoms with Crippen LogP contribution in [0.4, 0.5) is 5.69 Å². The van der Waals surface area contributed by atoms with Crippen LogP contribution >= 0.6 is 11.8 Å². The summed E-state index contributed by atoms with van der Waals surface area (Å²) in [4.78, 5) is 12.4. The van der Waals surface area contributed by atoms with Crippen LogP contribution in [0.25, 0.3) is 0 Å². The highest BCUT2D eigenvalue weighted by molar-refractivity contribution is 8.00. The number of aromatic nitrogens is 3. The summed E-state index contributed by atoms with van der Waals surface area (Å²) in [7, 11) is 0. The quantitative estimate of drug-likeness (QED) is 0.594. The van der Waals surface area contributed by atoms with E-state index >= 15 is 0 Å². The fraction of sp³-hybridized carbons (Fsp3) is 0.471. The highest BCUT2D eigenvalue weighted by atomic mass is 32.2. The first-order chi connectivity index (χ1) is 11.4. The number of nitrogens with two attached hydrogens (primary N) is 1. The second kappa shape index (κ2) is 8.19. The van der Waals surface area contributed by atoms with Gasteiger partial charge in [-0.25, -0.2) is 4.68 Å². The van der Waals surface area contributed by atoms with Gasteiger partial charge < -0.3 is 11.2 Å².